The van der Waals surface area contributed by atoms with E-state index in [1.165, 1.54) is 21.2 Å². The summed E-state index contributed by atoms with van der Waals surface area (Å²) in [7, 11) is 0. The van der Waals surface area contributed by atoms with Crippen LogP contribution in [0.5, 0.6) is 0 Å². The van der Waals surface area contributed by atoms with Crippen LogP contribution in [-0.4, -0.2) is 0 Å². The van der Waals surface area contributed by atoms with Crippen molar-refractivity contribution in [3.05, 3.63) is 67.7 Å². The van der Waals surface area contributed by atoms with E-state index in [0.29, 0.717) is 24.1 Å². The van der Waals surface area contributed by atoms with Crippen molar-refractivity contribution in [3.8, 4) is 12.1 Å². The largest absolute Gasteiger partial charge is 0.198 e. The number of nitrogens with zero attached hydrogens (tertiary/aromatic N) is 2. The van der Waals surface area contributed by atoms with Gasteiger partial charge in [-0.15, -0.1) is 11.6 Å². The lowest BCUT2D eigenvalue weighted by atomic mass is 9.88. The Bertz CT molecular complexity index is 969. The molecule has 0 heterocycles. The first-order valence-electron chi connectivity index (χ1n) is 11.6. The Labute approximate surface area is 208 Å². The van der Waals surface area contributed by atoms with Crippen LogP contribution in [0.1, 0.15) is 105 Å². The molecule has 2 unspecified atom stereocenters. The molecule has 32 heavy (non-hydrogen) atoms. The maximum absolute atomic E-state index is 9.19. The average Bonchev–Trinajstić information content (AvgIpc) is 2.82. The highest BCUT2D eigenvalue weighted by Gasteiger charge is 2.13. The monoisotopic (exact) mass is 514 g/mol. The molecule has 0 saturated carbocycles. The van der Waals surface area contributed by atoms with Gasteiger partial charge < -0.3 is 0 Å². The third-order valence-corrected chi connectivity index (χ3v) is 7.25. The van der Waals surface area contributed by atoms with Gasteiger partial charge in [0.05, 0.1) is 24.1 Å². The first kappa shape index (κ1) is 28.2. The summed E-state index contributed by atoms with van der Waals surface area (Å²) < 4.78 is 1.22. The van der Waals surface area contributed by atoms with Crippen molar-refractivity contribution < 1.29 is 0 Å². The smallest absolute Gasteiger partial charge is 0.0994 e. The van der Waals surface area contributed by atoms with Crippen molar-refractivity contribution in [1.29, 1.82) is 10.5 Å². The molecule has 0 N–H and O–H groups in total. The maximum atomic E-state index is 9.19. The Hall–Kier alpha value is -1.81. The van der Waals surface area contributed by atoms with Gasteiger partial charge in [0.25, 0.3) is 0 Å². The zero-order valence-corrected chi connectivity index (χ0v) is 22.7. The quantitative estimate of drug-likeness (QED) is 0.329. The molecule has 0 aromatic heterocycles. The standard InChI is InChI=1S/C15H18N2.C13H18BrCl/c1-4-11(3)15-9-13(6-7-16)12(5-2)8-14(15)10-17;1-4-9(3)12-6-11(8-15)10(5-2)7-13(12)14/h8-9,11H,4-6H2,1-3H3;6-7,9H,4-5,8H2,1-3H3. The number of halogens is 2. The van der Waals surface area contributed by atoms with E-state index in [0.717, 1.165) is 47.9 Å². The summed E-state index contributed by atoms with van der Waals surface area (Å²) in [5, 5.41) is 18.0. The Morgan fingerprint density at radius 2 is 1.34 bits per heavy atom. The molecule has 0 bridgehead atoms. The van der Waals surface area contributed by atoms with E-state index in [4.69, 9.17) is 16.9 Å². The van der Waals surface area contributed by atoms with Crippen LogP contribution >= 0.6 is 27.5 Å². The van der Waals surface area contributed by atoms with Gasteiger partial charge in [-0.3, -0.25) is 0 Å². The molecule has 2 aromatic rings. The van der Waals surface area contributed by atoms with Gasteiger partial charge in [-0.05, 0) is 83.0 Å². The summed E-state index contributed by atoms with van der Waals surface area (Å²) in [4.78, 5) is 0. The van der Waals surface area contributed by atoms with Gasteiger partial charge in [-0.1, -0.05) is 69.6 Å². The lowest BCUT2D eigenvalue weighted by Gasteiger charge is -2.15. The van der Waals surface area contributed by atoms with Crippen LogP contribution in [-0.2, 0) is 25.1 Å². The van der Waals surface area contributed by atoms with Crippen molar-refractivity contribution in [1.82, 2.24) is 0 Å². The molecule has 0 saturated heterocycles. The molecule has 0 spiro atoms. The highest BCUT2D eigenvalue weighted by atomic mass is 79.9. The summed E-state index contributed by atoms with van der Waals surface area (Å²) in [6.45, 7) is 12.9. The normalized spacial score (nSPS) is 12.2. The second-order valence-electron chi connectivity index (χ2n) is 8.26. The fraction of sp³-hybridized carbons (Fsp3) is 0.500. The lowest BCUT2D eigenvalue weighted by molar-refractivity contribution is 0.728. The van der Waals surface area contributed by atoms with Crippen molar-refractivity contribution >= 4 is 27.5 Å². The van der Waals surface area contributed by atoms with Crippen molar-refractivity contribution in [2.75, 3.05) is 0 Å². The Morgan fingerprint density at radius 1 is 0.812 bits per heavy atom. The molecule has 2 rings (SSSR count). The molecule has 0 aliphatic heterocycles. The highest BCUT2D eigenvalue weighted by Crippen LogP contribution is 2.31. The zero-order chi connectivity index (χ0) is 24.3. The molecule has 2 nitrogen and oxygen atoms in total. The SMILES string of the molecule is CCc1cc(Br)c(C(C)CC)cc1CCl.CCc1cc(C#N)c(C(C)CC)cc1CC#N. The van der Waals surface area contributed by atoms with Crippen LogP contribution in [0.3, 0.4) is 0 Å². The van der Waals surface area contributed by atoms with Crippen LogP contribution in [0.25, 0.3) is 0 Å². The number of rotatable bonds is 8. The van der Waals surface area contributed by atoms with E-state index < -0.39 is 0 Å². The second kappa shape index (κ2) is 14.4. The zero-order valence-electron chi connectivity index (χ0n) is 20.4. The number of benzene rings is 2. The minimum Gasteiger partial charge on any atom is -0.198 e. The van der Waals surface area contributed by atoms with E-state index in [9.17, 15) is 5.26 Å². The summed E-state index contributed by atoms with van der Waals surface area (Å²) in [6.07, 6.45) is 4.50. The topological polar surface area (TPSA) is 47.6 Å². The van der Waals surface area contributed by atoms with Gasteiger partial charge in [0.2, 0.25) is 0 Å². The van der Waals surface area contributed by atoms with E-state index in [1.54, 1.807) is 0 Å². The minimum atomic E-state index is 0.369. The van der Waals surface area contributed by atoms with Crippen LogP contribution in [0.4, 0.5) is 0 Å². The molecule has 2 atom stereocenters. The van der Waals surface area contributed by atoms with Crippen LogP contribution in [0.15, 0.2) is 28.7 Å². The number of nitriles is 2. The average molecular weight is 516 g/mol. The van der Waals surface area contributed by atoms with Crippen molar-refractivity contribution in [3.63, 3.8) is 0 Å². The van der Waals surface area contributed by atoms with Gasteiger partial charge in [0.15, 0.2) is 0 Å². The molecule has 0 aliphatic rings. The summed E-state index contributed by atoms with van der Waals surface area (Å²) in [6, 6.07) is 12.9. The lowest BCUT2D eigenvalue weighted by Crippen LogP contribution is -2.01. The molecular weight excluding hydrogens is 480 g/mol. The van der Waals surface area contributed by atoms with Crippen molar-refractivity contribution in [2.45, 2.75) is 91.4 Å². The van der Waals surface area contributed by atoms with Gasteiger partial charge in [-0.25, -0.2) is 0 Å². The molecule has 172 valence electrons. The maximum Gasteiger partial charge on any atom is 0.0994 e. The predicted molar refractivity (Wildman–Crippen MR) is 140 cm³/mol. The van der Waals surface area contributed by atoms with Gasteiger partial charge >= 0.3 is 0 Å². The fourth-order valence-corrected chi connectivity index (χ4v) is 4.77. The number of aryl methyl sites for hydroxylation is 2. The molecular formula is C28H36BrClN2. The predicted octanol–water partition coefficient (Wildman–Crippen LogP) is 8.96. The Kier molecular flexibility index (Phi) is 12.7. The minimum absolute atomic E-state index is 0.369. The number of alkyl halides is 1. The molecule has 0 amide bonds. The van der Waals surface area contributed by atoms with E-state index >= 15 is 0 Å². The van der Waals surface area contributed by atoms with Gasteiger partial charge in [-0.2, -0.15) is 10.5 Å². The highest BCUT2D eigenvalue weighted by molar-refractivity contribution is 9.10. The van der Waals surface area contributed by atoms with Gasteiger partial charge in [0, 0.05) is 10.4 Å². The first-order chi connectivity index (χ1) is 15.3. The van der Waals surface area contributed by atoms with E-state index in [-0.39, 0.29) is 0 Å². The summed E-state index contributed by atoms with van der Waals surface area (Å²) in [5.74, 6) is 1.57. The summed E-state index contributed by atoms with van der Waals surface area (Å²) >= 11 is 9.62. The summed E-state index contributed by atoms with van der Waals surface area (Å²) in [5.41, 5.74) is 8.04. The van der Waals surface area contributed by atoms with Crippen LogP contribution in [0.2, 0.25) is 0 Å². The van der Waals surface area contributed by atoms with E-state index in [2.05, 4.69) is 87.8 Å². The third kappa shape index (κ3) is 7.37. The molecule has 0 fully saturated rings. The van der Waals surface area contributed by atoms with Crippen molar-refractivity contribution in [2.24, 2.45) is 0 Å². The van der Waals surface area contributed by atoms with Crippen LogP contribution < -0.4 is 0 Å². The van der Waals surface area contributed by atoms with E-state index in [1.807, 2.05) is 6.07 Å². The van der Waals surface area contributed by atoms with Crippen LogP contribution in [0, 0.1) is 22.7 Å². The fourth-order valence-electron chi connectivity index (χ4n) is 3.74. The number of hydrogen-bond donors (Lipinski definition) is 0. The molecule has 4 heteroatoms. The molecule has 2 aromatic carbocycles. The Balaban J connectivity index is 0.000000323. The Morgan fingerprint density at radius 3 is 1.81 bits per heavy atom. The molecule has 0 radical (unpaired) electrons. The second-order valence-corrected chi connectivity index (χ2v) is 9.38. The number of hydrogen-bond acceptors (Lipinski definition) is 2. The molecule has 0 aliphatic carbocycles. The first-order valence-corrected chi connectivity index (χ1v) is 12.9. The van der Waals surface area contributed by atoms with Gasteiger partial charge in [0.1, 0.15) is 0 Å². The third-order valence-electron chi connectivity index (χ3n) is 6.27.